The molecule has 0 amide bonds. The summed E-state index contributed by atoms with van der Waals surface area (Å²) in [6, 6.07) is 0. The van der Waals surface area contributed by atoms with Gasteiger partial charge in [0.1, 0.15) is 6.29 Å². The van der Waals surface area contributed by atoms with Gasteiger partial charge in [0, 0.05) is 5.41 Å². The Balaban J connectivity index is 3.06. The van der Waals surface area contributed by atoms with E-state index in [4.69, 9.17) is 0 Å². The summed E-state index contributed by atoms with van der Waals surface area (Å²) in [6.07, 6.45) is 8.88. The van der Waals surface area contributed by atoms with Gasteiger partial charge in [0.25, 0.3) is 0 Å². The van der Waals surface area contributed by atoms with Crippen LogP contribution in [0.5, 0.6) is 0 Å². The first kappa shape index (κ1) is 11.0. The summed E-state index contributed by atoms with van der Waals surface area (Å²) in [5, 5.41) is 0. The highest BCUT2D eigenvalue weighted by atomic mass is 16.1. The molecule has 0 N–H and O–H groups in total. The monoisotopic (exact) mass is 190 g/mol. The van der Waals surface area contributed by atoms with Crippen LogP contribution in [0.1, 0.15) is 27.7 Å². The Kier molecular flexibility index (Phi) is 3.10. The van der Waals surface area contributed by atoms with Crippen LogP contribution >= 0.6 is 0 Å². The topological polar surface area (TPSA) is 17.1 Å². The molecular formula is C13H18O. The summed E-state index contributed by atoms with van der Waals surface area (Å²) >= 11 is 0. The fraction of sp³-hybridized carbons (Fsp3) is 0.462. The molecule has 0 aromatic carbocycles. The van der Waals surface area contributed by atoms with Crippen molar-refractivity contribution in [3.63, 3.8) is 0 Å². The maximum Gasteiger partial charge on any atom is 0.142 e. The number of hydrogen-bond acceptors (Lipinski definition) is 1. The van der Waals surface area contributed by atoms with Crippen molar-refractivity contribution in [2.45, 2.75) is 27.7 Å². The molecule has 1 rings (SSSR count). The van der Waals surface area contributed by atoms with Crippen LogP contribution in [0.3, 0.4) is 0 Å². The molecule has 0 radical (unpaired) electrons. The Morgan fingerprint density at radius 2 is 2.07 bits per heavy atom. The number of aldehydes is 1. The van der Waals surface area contributed by atoms with E-state index in [-0.39, 0.29) is 5.41 Å². The van der Waals surface area contributed by atoms with E-state index in [0.29, 0.717) is 5.92 Å². The zero-order valence-electron chi connectivity index (χ0n) is 9.37. The molecule has 0 saturated carbocycles. The van der Waals surface area contributed by atoms with Gasteiger partial charge in [-0.2, -0.15) is 0 Å². The van der Waals surface area contributed by atoms with Gasteiger partial charge in [-0.1, -0.05) is 43.2 Å². The quantitative estimate of drug-likeness (QED) is 0.482. The summed E-state index contributed by atoms with van der Waals surface area (Å²) in [5.74, 6) is 0.448. The maximum absolute atomic E-state index is 10.3. The van der Waals surface area contributed by atoms with Crippen molar-refractivity contribution in [2.75, 3.05) is 0 Å². The van der Waals surface area contributed by atoms with Gasteiger partial charge in [0.2, 0.25) is 0 Å². The lowest BCUT2D eigenvalue weighted by molar-refractivity contribution is -0.104. The lowest BCUT2D eigenvalue weighted by Crippen LogP contribution is -2.25. The largest absolute Gasteiger partial charge is 0.299 e. The summed E-state index contributed by atoms with van der Waals surface area (Å²) in [6.45, 7) is 8.60. The van der Waals surface area contributed by atoms with Gasteiger partial charge in [-0.05, 0) is 25.8 Å². The SMILES string of the molecule is CC1=CC(C)[C@@](C)(/C=C/C=O)C(C)=C1. The van der Waals surface area contributed by atoms with E-state index in [1.165, 1.54) is 11.1 Å². The van der Waals surface area contributed by atoms with Crippen molar-refractivity contribution in [1.29, 1.82) is 0 Å². The third kappa shape index (κ3) is 1.87. The summed E-state index contributed by atoms with van der Waals surface area (Å²) in [4.78, 5) is 10.3. The molecule has 0 aromatic heterocycles. The van der Waals surface area contributed by atoms with Crippen molar-refractivity contribution >= 4 is 6.29 Å². The molecule has 1 unspecified atom stereocenters. The molecule has 2 atom stereocenters. The number of allylic oxidation sites excluding steroid dienone is 6. The van der Waals surface area contributed by atoms with E-state index in [2.05, 4.69) is 39.8 Å². The highest BCUT2D eigenvalue weighted by Gasteiger charge is 2.31. The lowest BCUT2D eigenvalue weighted by atomic mass is 9.69. The first-order valence-electron chi connectivity index (χ1n) is 5.01. The van der Waals surface area contributed by atoms with E-state index in [0.717, 1.165) is 6.29 Å². The summed E-state index contributed by atoms with van der Waals surface area (Å²) < 4.78 is 0. The molecule has 0 bridgehead atoms. The lowest BCUT2D eigenvalue weighted by Gasteiger charge is -2.35. The van der Waals surface area contributed by atoms with Crippen LogP contribution in [0.4, 0.5) is 0 Å². The molecule has 1 aliphatic carbocycles. The second kappa shape index (κ2) is 3.95. The zero-order valence-corrected chi connectivity index (χ0v) is 9.37. The van der Waals surface area contributed by atoms with Crippen molar-refractivity contribution in [3.05, 3.63) is 35.5 Å². The Bertz CT molecular complexity index is 320. The average molecular weight is 190 g/mol. The summed E-state index contributed by atoms with van der Waals surface area (Å²) in [5.41, 5.74) is 2.63. The Morgan fingerprint density at radius 1 is 1.43 bits per heavy atom. The van der Waals surface area contributed by atoms with Gasteiger partial charge in [-0.15, -0.1) is 0 Å². The fourth-order valence-electron chi connectivity index (χ4n) is 1.99. The van der Waals surface area contributed by atoms with Crippen LogP contribution in [0, 0.1) is 11.3 Å². The van der Waals surface area contributed by atoms with Gasteiger partial charge >= 0.3 is 0 Å². The molecular weight excluding hydrogens is 172 g/mol. The van der Waals surface area contributed by atoms with Crippen LogP contribution in [0.15, 0.2) is 35.5 Å². The van der Waals surface area contributed by atoms with E-state index in [1.807, 2.05) is 6.08 Å². The predicted octanol–water partition coefficient (Wildman–Crippen LogP) is 3.29. The molecule has 76 valence electrons. The van der Waals surface area contributed by atoms with Crippen molar-refractivity contribution in [1.82, 2.24) is 0 Å². The molecule has 0 aromatic rings. The minimum Gasteiger partial charge on any atom is -0.299 e. The molecule has 0 aliphatic heterocycles. The van der Waals surface area contributed by atoms with Crippen LogP contribution in [-0.2, 0) is 4.79 Å². The van der Waals surface area contributed by atoms with Gasteiger partial charge in [-0.3, -0.25) is 4.79 Å². The maximum atomic E-state index is 10.3. The number of carbonyl (C=O) groups excluding carboxylic acids is 1. The highest BCUT2D eigenvalue weighted by molar-refractivity contribution is 5.65. The number of rotatable bonds is 2. The van der Waals surface area contributed by atoms with Gasteiger partial charge in [-0.25, -0.2) is 0 Å². The molecule has 1 nitrogen and oxygen atoms in total. The van der Waals surface area contributed by atoms with Crippen LogP contribution in [0.25, 0.3) is 0 Å². The molecule has 0 spiro atoms. The molecule has 0 fully saturated rings. The average Bonchev–Trinajstić information content (AvgIpc) is 2.11. The minimum absolute atomic E-state index is 0.000417. The Morgan fingerprint density at radius 3 is 2.57 bits per heavy atom. The molecule has 0 heterocycles. The Hall–Kier alpha value is -1.11. The second-order valence-corrected chi connectivity index (χ2v) is 4.30. The van der Waals surface area contributed by atoms with Crippen molar-refractivity contribution < 1.29 is 4.79 Å². The first-order valence-corrected chi connectivity index (χ1v) is 5.01. The van der Waals surface area contributed by atoms with Crippen LogP contribution in [0.2, 0.25) is 0 Å². The highest BCUT2D eigenvalue weighted by Crippen LogP contribution is 2.41. The normalized spacial score (nSPS) is 32.7. The third-order valence-electron chi connectivity index (χ3n) is 3.27. The van der Waals surface area contributed by atoms with E-state index < -0.39 is 0 Å². The zero-order chi connectivity index (χ0) is 10.8. The molecule has 0 saturated heterocycles. The second-order valence-electron chi connectivity index (χ2n) is 4.30. The van der Waals surface area contributed by atoms with Crippen LogP contribution in [-0.4, -0.2) is 6.29 Å². The minimum atomic E-state index is 0.000417. The fourth-order valence-corrected chi connectivity index (χ4v) is 1.99. The van der Waals surface area contributed by atoms with E-state index in [1.54, 1.807) is 6.08 Å². The van der Waals surface area contributed by atoms with Gasteiger partial charge in [0.15, 0.2) is 0 Å². The summed E-state index contributed by atoms with van der Waals surface area (Å²) in [7, 11) is 0. The number of carbonyl (C=O) groups is 1. The molecule has 1 aliphatic rings. The smallest absolute Gasteiger partial charge is 0.142 e. The van der Waals surface area contributed by atoms with Gasteiger partial charge < -0.3 is 0 Å². The first-order chi connectivity index (χ1) is 6.50. The van der Waals surface area contributed by atoms with Crippen molar-refractivity contribution in [2.24, 2.45) is 11.3 Å². The third-order valence-corrected chi connectivity index (χ3v) is 3.27. The van der Waals surface area contributed by atoms with Crippen LogP contribution < -0.4 is 0 Å². The van der Waals surface area contributed by atoms with E-state index >= 15 is 0 Å². The number of hydrogen-bond donors (Lipinski definition) is 0. The van der Waals surface area contributed by atoms with E-state index in [9.17, 15) is 4.79 Å². The molecule has 1 heteroatoms. The Labute approximate surface area is 86.2 Å². The van der Waals surface area contributed by atoms with Gasteiger partial charge in [0.05, 0.1) is 0 Å². The predicted molar refractivity (Wildman–Crippen MR) is 60.0 cm³/mol. The van der Waals surface area contributed by atoms with Crippen molar-refractivity contribution in [3.8, 4) is 0 Å². The molecule has 14 heavy (non-hydrogen) atoms. The standard InChI is InChI=1S/C13H18O/c1-10-8-11(2)13(4,6-5-7-14)12(3)9-10/h5-9,11H,1-4H3/b6-5+/t11?,13-/m1/s1.